The minimum atomic E-state index is 0.586. The quantitative estimate of drug-likeness (QED) is 0.287. The van der Waals surface area contributed by atoms with Crippen molar-refractivity contribution >= 4 is 16.3 Å². The molecule has 2 aliphatic rings. The average molecular weight is 358 g/mol. The average Bonchev–Trinajstić information content (AvgIpc) is 3.07. The number of allylic oxidation sites excluding steroid dienone is 1. The van der Waals surface area contributed by atoms with Gasteiger partial charge >= 0.3 is 0 Å². The maximum atomic E-state index is 2.49. The van der Waals surface area contributed by atoms with Crippen LogP contribution >= 0.6 is 0 Å². The Hall–Kier alpha value is -3.12. The van der Waals surface area contributed by atoms with E-state index in [0.717, 1.165) is 6.42 Å². The van der Waals surface area contributed by atoms with Crippen LogP contribution in [0.3, 0.4) is 0 Å². The van der Waals surface area contributed by atoms with Crippen LogP contribution in [0.4, 0.5) is 0 Å². The highest BCUT2D eigenvalue weighted by Crippen LogP contribution is 2.56. The fourth-order valence-electron chi connectivity index (χ4n) is 5.36. The Labute approximate surface area is 166 Å². The van der Waals surface area contributed by atoms with Gasteiger partial charge in [-0.05, 0) is 80.1 Å². The van der Waals surface area contributed by atoms with E-state index in [1.807, 2.05) is 0 Å². The molecule has 4 aromatic carbocycles. The molecule has 1 atom stereocenters. The minimum absolute atomic E-state index is 0.586. The molecule has 4 aromatic rings. The second-order valence-corrected chi connectivity index (χ2v) is 8.19. The third-order valence-corrected chi connectivity index (χ3v) is 6.65. The zero-order chi connectivity index (χ0) is 18.8. The lowest BCUT2D eigenvalue weighted by atomic mass is 9.82. The van der Waals surface area contributed by atoms with Gasteiger partial charge in [0.2, 0.25) is 0 Å². The molecule has 0 heterocycles. The molecule has 2 aliphatic carbocycles. The molecule has 0 fully saturated rings. The molecule has 134 valence electrons. The van der Waals surface area contributed by atoms with E-state index in [2.05, 4.69) is 92.7 Å². The molecule has 0 N–H and O–H groups in total. The summed E-state index contributed by atoms with van der Waals surface area (Å²) in [5.41, 5.74) is 12.8. The Morgan fingerprint density at radius 3 is 2.25 bits per heavy atom. The van der Waals surface area contributed by atoms with Gasteiger partial charge in [0.15, 0.2) is 0 Å². The van der Waals surface area contributed by atoms with Crippen molar-refractivity contribution in [1.29, 1.82) is 0 Å². The highest BCUT2D eigenvalue weighted by Gasteiger charge is 2.34. The van der Waals surface area contributed by atoms with E-state index < -0.39 is 0 Å². The van der Waals surface area contributed by atoms with Crippen molar-refractivity contribution in [3.63, 3.8) is 0 Å². The molecule has 0 nitrogen and oxygen atoms in total. The summed E-state index contributed by atoms with van der Waals surface area (Å²) in [4.78, 5) is 0. The first-order chi connectivity index (χ1) is 13.8. The van der Waals surface area contributed by atoms with Gasteiger partial charge in [-0.15, -0.1) is 0 Å². The van der Waals surface area contributed by atoms with Gasteiger partial charge in [0.1, 0.15) is 0 Å². The van der Waals surface area contributed by atoms with Crippen LogP contribution in [0.25, 0.3) is 38.6 Å². The van der Waals surface area contributed by atoms with Crippen LogP contribution in [0.5, 0.6) is 0 Å². The topological polar surface area (TPSA) is 0 Å². The van der Waals surface area contributed by atoms with E-state index in [0.29, 0.717) is 5.92 Å². The van der Waals surface area contributed by atoms with Crippen LogP contribution in [0.15, 0.2) is 78.9 Å². The second-order valence-electron chi connectivity index (χ2n) is 8.19. The largest absolute Gasteiger partial charge is 0.0754 e. The fraction of sp³-hybridized carbons (Fsp3) is 0.143. The molecule has 0 amide bonds. The number of benzene rings is 4. The highest BCUT2D eigenvalue weighted by molar-refractivity contribution is 6.16. The van der Waals surface area contributed by atoms with E-state index in [-0.39, 0.29) is 0 Å². The Morgan fingerprint density at radius 2 is 1.43 bits per heavy atom. The van der Waals surface area contributed by atoms with E-state index in [4.69, 9.17) is 0 Å². The van der Waals surface area contributed by atoms with Crippen molar-refractivity contribution in [2.45, 2.75) is 26.2 Å². The number of aryl methyl sites for hydroxylation is 1. The van der Waals surface area contributed by atoms with Crippen LogP contribution in [0.2, 0.25) is 0 Å². The third kappa shape index (κ3) is 1.95. The van der Waals surface area contributed by atoms with Gasteiger partial charge in [0.25, 0.3) is 0 Å². The maximum Gasteiger partial charge on any atom is -0.00143 e. The summed E-state index contributed by atoms with van der Waals surface area (Å²) >= 11 is 0. The van der Waals surface area contributed by atoms with Gasteiger partial charge in [-0.3, -0.25) is 0 Å². The molecular formula is C28H22. The number of fused-ring (bicyclic) bond motifs is 4. The van der Waals surface area contributed by atoms with E-state index in [1.165, 1.54) is 60.9 Å². The van der Waals surface area contributed by atoms with Crippen molar-refractivity contribution in [2.24, 2.45) is 0 Å². The Balaban J connectivity index is 1.85. The zero-order valence-corrected chi connectivity index (χ0v) is 16.3. The van der Waals surface area contributed by atoms with Crippen molar-refractivity contribution in [3.05, 3.63) is 101 Å². The standard InChI is InChI=1S/C28H22/c1-17-15-16-24-27-20(17)13-8-14-23(27)25-18(2)21-11-6-7-12-22(21)26(28(24)25)19-9-4-3-5-10-19/h3-14,16-17H,15H2,1-2H3. The molecule has 0 aromatic heterocycles. The van der Waals surface area contributed by atoms with Gasteiger partial charge in [0.05, 0.1) is 0 Å². The lowest BCUT2D eigenvalue weighted by Crippen LogP contribution is -2.03. The molecule has 0 heteroatoms. The summed E-state index contributed by atoms with van der Waals surface area (Å²) in [5, 5.41) is 2.73. The smallest absolute Gasteiger partial charge is 0.00143 e. The SMILES string of the molecule is Cc1c2c(c(-c3ccccc3)c3ccccc13)C1=CCC(C)c3cccc-2c31. The van der Waals surface area contributed by atoms with Gasteiger partial charge in [-0.1, -0.05) is 85.8 Å². The fourth-order valence-corrected chi connectivity index (χ4v) is 5.36. The molecule has 6 rings (SSSR count). The monoisotopic (exact) mass is 358 g/mol. The molecule has 0 saturated carbocycles. The zero-order valence-electron chi connectivity index (χ0n) is 16.3. The lowest BCUT2D eigenvalue weighted by Gasteiger charge is -2.22. The molecule has 28 heavy (non-hydrogen) atoms. The predicted octanol–water partition coefficient (Wildman–Crippen LogP) is 7.73. The first-order valence-electron chi connectivity index (χ1n) is 10.2. The number of rotatable bonds is 1. The second kappa shape index (κ2) is 5.69. The first-order valence-corrected chi connectivity index (χ1v) is 10.2. The molecule has 0 bridgehead atoms. The summed E-state index contributed by atoms with van der Waals surface area (Å²) in [7, 11) is 0. The van der Waals surface area contributed by atoms with Crippen LogP contribution in [0, 0.1) is 6.92 Å². The minimum Gasteiger partial charge on any atom is -0.0754 e. The van der Waals surface area contributed by atoms with Crippen LogP contribution < -0.4 is 0 Å². The van der Waals surface area contributed by atoms with Crippen molar-refractivity contribution in [3.8, 4) is 22.3 Å². The molecule has 1 unspecified atom stereocenters. The maximum absolute atomic E-state index is 2.49. The lowest BCUT2D eigenvalue weighted by molar-refractivity contribution is 0.770. The molecule has 0 aliphatic heterocycles. The Kier molecular flexibility index (Phi) is 3.23. The van der Waals surface area contributed by atoms with Crippen LogP contribution in [-0.4, -0.2) is 0 Å². The summed E-state index contributed by atoms with van der Waals surface area (Å²) in [5.74, 6) is 0.586. The van der Waals surface area contributed by atoms with Crippen LogP contribution in [0.1, 0.15) is 41.5 Å². The molecule has 0 radical (unpaired) electrons. The Bertz CT molecular complexity index is 1290. The normalized spacial score (nSPS) is 16.6. The molecular weight excluding hydrogens is 336 g/mol. The number of hydrogen-bond donors (Lipinski definition) is 0. The Morgan fingerprint density at radius 1 is 0.679 bits per heavy atom. The summed E-state index contributed by atoms with van der Waals surface area (Å²) in [6, 6.07) is 26.8. The summed E-state index contributed by atoms with van der Waals surface area (Å²) in [6.07, 6.45) is 3.61. The highest BCUT2D eigenvalue weighted by atomic mass is 14.4. The van der Waals surface area contributed by atoms with Gasteiger partial charge < -0.3 is 0 Å². The van der Waals surface area contributed by atoms with Gasteiger partial charge in [-0.25, -0.2) is 0 Å². The predicted molar refractivity (Wildman–Crippen MR) is 120 cm³/mol. The van der Waals surface area contributed by atoms with Crippen molar-refractivity contribution in [2.75, 3.05) is 0 Å². The molecule has 0 saturated heterocycles. The van der Waals surface area contributed by atoms with Crippen LogP contribution in [-0.2, 0) is 0 Å². The summed E-state index contributed by atoms with van der Waals surface area (Å²) < 4.78 is 0. The first kappa shape index (κ1) is 15.9. The summed E-state index contributed by atoms with van der Waals surface area (Å²) in [6.45, 7) is 4.66. The van der Waals surface area contributed by atoms with Crippen molar-refractivity contribution in [1.82, 2.24) is 0 Å². The van der Waals surface area contributed by atoms with Crippen molar-refractivity contribution < 1.29 is 0 Å². The van der Waals surface area contributed by atoms with E-state index >= 15 is 0 Å². The van der Waals surface area contributed by atoms with E-state index in [1.54, 1.807) is 0 Å². The number of hydrogen-bond acceptors (Lipinski definition) is 0. The van der Waals surface area contributed by atoms with Gasteiger partial charge in [-0.2, -0.15) is 0 Å². The van der Waals surface area contributed by atoms with E-state index in [9.17, 15) is 0 Å². The molecule has 0 spiro atoms. The third-order valence-electron chi connectivity index (χ3n) is 6.65. The van der Waals surface area contributed by atoms with Gasteiger partial charge in [0, 0.05) is 0 Å².